The molecule has 1 saturated carbocycles. The van der Waals surface area contributed by atoms with Crippen LogP contribution in [0, 0.1) is 25.7 Å². The summed E-state index contributed by atoms with van der Waals surface area (Å²) in [5, 5.41) is 13.5. The van der Waals surface area contributed by atoms with Gasteiger partial charge in [0.05, 0.1) is 6.61 Å². The highest BCUT2D eigenvalue weighted by molar-refractivity contribution is 5.77. The summed E-state index contributed by atoms with van der Waals surface area (Å²) >= 11 is 0. The number of aliphatic carboxylic acids is 1. The third-order valence-electron chi connectivity index (χ3n) is 6.50. The van der Waals surface area contributed by atoms with Gasteiger partial charge in [0, 0.05) is 17.7 Å². The fourth-order valence-electron chi connectivity index (χ4n) is 4.49. The molecule has 0 bridgehead atoms. The van der Waals surface area contributed by atoms with Crippen molar-refractivity contribution < 1.29 is 14.6 Å². The number of nitrogens with zero attached hydrogens (tertiary/aromatic N) is 3. The van der Waals surface area contributed by atoms with Crippen molar-refractivity contribution in [1.29, 1.82) is 0 Å². The number of aromatic nitrogens is 3. The second-order valence-electron chi connectivity index (χ2n) is 9.30. The van der Waals surface area contributed by atoms with E-state index in [1.54, 1.807) is 0 Å². The van der Waals surface area contributed by atoms with E-state index in [2.05, 4.69) is 4.98 Å². The molecule has 34 heavy (non-hydrogen) atoms. The van der Waals surface area contributed by atoms with E-state index in [9.17, 15) is 9.59 Å². The summed E-state index contributed by atoms with van der Waals surface area (Å²) in [4.78, 5) is 28.1. The molecule has 0 unspecified atom stereocenters. The van der Waals surface area contributed by atoms with E-state index in [4.69, 9.17) is 14.9 Å². The second-order valence-corrected chi connectivity index (χ2v) is 9.30. The lowest BCUT2D eigenvalue weighted by Gasteiger charge is -2.28. The Morgan fingerprint density at radius 2 is 1.44 bits per heavy atom. The largest absolute Gasteiger partial charge is 0.480 e. The Balaban J connectivity index is 1.55. The van der Waals surface area contributed by atoms with Gasteiger partial charge in [-0.05, 0) is 51.4 Å². The lowest BCUT2D eigenvalue weighted by Crippen LogP contribution is -2.31. The molecule has 0 aliphatic heterocycles. The summed E-state index contributed by atoms with van der Waals surface area (Å²) in [5.74, 6) is -0.241. The van der Waals surface area contributed by atoms with Crippen LogP contribution in [0.5, 0.6) is 0 Å². The number of rotatable bonds is 8. The molecule has 0 spiro atoms. The quantitative estimate of drug-likeness (QED) is 0.531. The minimum Gasteiger partial charge on any atom is -0.480 e. The topological polar surface area (TPSA) is 94.3 Å². The van der Waals surface area contributed by atoms with Crippen molar-refractivity contribution in [2.45, 2.75) is 46.1 Å². The molecule has 1 aliphatic rings. The minimum absolute atomic E-state index is 0.250. The van der Waals surface area contributed by atoms with Gasteiger partial charge >= 0.3 is 11.7 Å². The summed E-state index contributed by atoms with van der Waals surface area (Å²) in [6, 6.07) is 16.1. The Bertz CT molecular complexity index is 1180. The predicted molar refractivity (Wildman–Crippen MR) is 131 cm³/mol. The third kappa shape index (κ3) is 5.97. The van der Waals surface area contributed by atoms with Crippen molar-refractivity contribution in [3.05, 3.63) is 70.1 Å². The number of carboxylic acids is 1. The highest BCUT2D eigenvalue weighted by atomic mass is 16.5. The molecule has 0 radical (unpaired) electrons. The smallest absolute Gasteiger partial charge is 0.364 e. The van der Waals surface area contributed by atoms with Gasteiger partial charge in [0.25, 0.3) is 0 Å². The molecule has 3 aromatic rings. The van der Waals surface area contributed by atoms with E-state index >= 15 is 0 Å². The first-order valence-electron chi connectivity index (χ1n) is 11.8. The van der Waals surface area contributed by atoms with Crippen LogP contribution in [0.1, 0.15) is 36.8 Å². The lowest BCUT2D eigenvalue weighted by molar-refractivity contribution is -0.142. The Hall–Kier alpha value is -3.32. The molecular weight excluding hydrogens is 430 g/mol. The molecule has 1 aromatic heterocycles. The molecule has 7 nitrogen and oxygen atoms in total. The van der Waals surface area contributed by atoms with Crippen LogP contribution in [0.15, 0.2) is 53.3 Å². The van der Waals surface area contributed by atoms with Crippen LogP contribution in [0.2, 0.25) is 0 Å². The fraction of sp³-hybridized carbons (Fsp3) is 0.407. The van der Waals surface area contributed by atoms with Crippen molar-refractivity contribution in [3.63, 3.8) is 0 Å². The zero-order chi connectivity index (χ0) is 24.1. The monoisotopic (exact) mass is 461 g/mol. The fourth-order valence-corrected chi connectivity index (χ4v) is 4.49. The summed E-state index contributed by atoms with van der Waals surface area (Å²) in [5.41, 5.74) is 5.08. The standard InChI is InChI=1S/C27H31N3O4/c1-18-3-11-22(12-4-18)25-26(23-13-5-19(2)6-14-23)29-30(27(33)28-25)15-20-7-9-21(10-8-20)16-34-17-24(31)32/h3-6,11-14,20-21H,7-10,15-17H2,1-2H3,(H,31,32)/t20-,21+. The normalized spacial score (nSPS) is 18.1. The first-order chi connectivity index (χ1) is 16.4. The highest BCUT2D eigenvalue weighted by Crippen LogP contribution is 2.31. The van der Waals surface area contributed by atoms with Crippen LogP contribution in [-0.4, -0.2) is 39.1 Å². The molecular formula is C27H31N3O4. The summed E-state index contributed by atoms with van der Waals surface area (Å²) in [6.07, 6.45) is 3.82. The zero-order valence-electron chi connectivity index (χ0n) is 19.7. The zero-order valence-corrected chi connectivity index (χ0v) is 19.7. The molecule has 1 fully saturated rings. The van der Waals surface area contributed by atoms with Gasteiger partial charge in [-0.2, -0.15) is 10.1 Å². The van der Waals surface area contributed by atoms with Gasteiger partial charge in [0.1, 0.15) is 18.0 Å². The Morgan fingerprint density at radius 3 is 2.00 bits per heavy atom. The predicted octanol–water partition coefficient (Wildman–Crippen LogP) is 4.50. The second kappa shape index (κ2) is 10.7. The van der Waals surface area contributed by atoms with E-state index in [0.29, 0.717) is 36.4 Å². The van der Waals surface area contributed by atoms with Crippen LogP contribution >= 0.6 is 0 Å². The van der Waals surface area contributed by atoms with Crippen molar-refractivity contribution >= 4 is 5.97 Å². The van der Waals surface area contributed by atoms with Gasteiger partial charge in [-0.15, -0.1) is 0 Å². The number of carbonyl (C=O) groups is 1. The molecule has 7 heteroatoms. The number of ether oxygens (including phenoxy) is 1. The Labute approximate surface area is 199 Å². The van der Waals surface area contributed by atoms with Crippen molar-refractivity contribution in [2.24, 2.45) is 11.8 Å². The summed E-state index contributed by atoms with van der Waals surface area (Å²) in [6.45, 7) is 4.82. The lowest BCUT2D eigenvalue weighted by atomic mass is 9.82. The first kappa shape index (κ1) is 23.8. The van der Waals surface area contributed by atoms with Gasteiger partial charge in [-0.25, -0.2) is 14.3 Å². The molecule has 0 amide bonds. The maximum atomic E-state index is 13.0. The van der Waals surface area contributed by atoms with Crippen LogP contribution in [-0.2, 0) is 16.1 Å². The van der Waals surface area contributed by atoms with Gasteiger partial charge in [-0.3, -0.25) is 0 Å². The molecule has 1 N–H and O–H groups in total. The van der Waals surface area contributed by atoms with E-state index in [0.717, 1.165) is 47.9 Å². The number of hydrogen-bond acceptors (Lipinski definition) is 5. The van der Waals surface area contributed by atoms with E-state index in [1.807, 2.05) is 62.4 Å². The molecule has 178 valence electrons. The molecule has 1 aliphatic carbocycles. The van der Waals surface area contributed by atoms with E-state index in [-0.39, 0.29) is 12.3 Å². The van der Waals surface area contributed by atoms with Crippen molar-refractivity contribution in [1.82, 2.24) is 14.8 Å². The first-order valence-corrected chi connectivity index (χ1v) is 11.8. The van der Waals surface area contributed by atoms with Gasteiger partial charge in [0.15, 0.2) is 0 Å². The number of aryl methyl sites for hydroxylation is 2. The van der Waals surface area contributed by atoms with Gasteiger partial charge in [-0.1, -0.05) is 59.7 Å². The van der Waals surface area contributed by atoms with Gasteiger partial charge in [0.2, 0.25) is 0 Å². The van der Waals surface area contributed by atoms with E-state index < -0.39 is 5.97 Å². The van der Waals surface area contributed by atoms with Crippen molar-refractivity contribution in [2.75, 3.05) is 13.2 Å². The van der Waals surface area contributed by atoms with Crippen LogP contribution < -0.4 is 5.69 Å². The molecule has 1 heterocycles. The van der Waals surface area contributed by atoms with Crippen LogP contribution in [0.4, 0.5) is 0 Å². The van der Waals surface area contributed by atoms with E-state index in [1.165, 1.54) is 4.68 Å². The van der Waals surface area contributed by atoms with Gasteiger partial charge < -0.3 is 9.84 Å². The molecule has 0 saturated heterocycles. The summed E-state index contributed by atoms with van der Waals surface area (Å²) in [7, 11) is 0. The van der Waals surface area contributed by atoms with Crippen LogP contribution in [0.3, 0.4) is 0 Å². The van der Waals surface area contributed by atoms with Crippen LogP contribution in [0.25, 0.3) is 22.5 Å². The number of hydrogen-bond donors (Lipinski definition) is 1. The number of benzene rings is 2. The molecule has 4 rings (SSSR count). The molecule has 0 atom stereocenters. The average molecular weight is 462 g/mol. The number of carboxylic acid groups (broad SMARTS) is 1. The Morgan fingerprint density at radius 1 is 0.912 bits per heavy atom. The third-order valence-corrected chi connectivity index (χ3v) is 6.50. The average Bonchev–Trinajstić information content (AvgIpc) is 2.82. The summed E-state index contributed by atoms with van der Waals surface area (Å²) < 4.78 is 6.78. The Kier molecular flexibility index (Phi) is 7.53. The molecule has 2 aromatic carbocycles. The highest BCUT2D eigenvalue weighted by Gasteiger charge is 2.23. The maximum absolute atomic E-state index is 13.0. The SMILES string of the molecule is Cc1ccc(-c2nc(=O)n(C[C@H]3CC[C@@H](COCC(=O)O)CC3)nc2-c2ccc(C)cc2)cc1. The van der Waals surface area contributed by atoms with Crippen molar-refractivity contribution in [3.8, 4) is 22.5 Å². The maximum Gasteiger partial charge on any atom is 0.364 e. The minimum atomic E-state index is -0.940.